The molecule has 0 aliphatic rings. The third-order valence-corrected chi connectivity index (χ3v) is 2.81. The Morgan fingerprint density at radius 3 is 2.55 bits per heavy atom. The Morgan fingerprint density at radius 1 is 1.20 bits per heavy atom. The number of benzene rings is 2. The molecule has 0 bridgehead atoms. The van der Waals surface area contributed by atoms with Gasteiger partial charge < -0.3 is 10.5 Å². The Bertz CT molecular complexity index is 648. The average Bonchev–Trinajstić information content (AvgIpc) is 2.46. The third-order valence-electron chi connectivity index (χ3n) is 2.81. The summed E-state index contributed by atoms with van der Waals surface area (Å²) in [6.45, 7) is 0. The highest BCUT2D eigenvalue weighted by molar-refractivity contribution is 6.07. The van der Waals surface area contributed by atoms with Gasteiger partial charge in [-0.05, 0) is 35.9 Å². The second-order valence-electron chi connectivity index (χ2n) is 4.19. The second-order valence-corrected chi connectivity index (χ2v) is 4.19. The number of rotatable bonds is 4. The summed E-state index contributed by atoms with van der Waals surface area (Å²) in [7, 11) is 1.36. The lowest BCUT2D eigenvalue weighted by molar-refractivity contribution is 0.104. The molecule has 0 aliphatic carbocycles. The van der Waals surface area contributed by atoms with E-state index in [1.807, 2.05) is 0 Å². The summed E-state index contributed by atoms with van der Waals surface area (Å²) in [6, 6.07) is 11.5. The van der Waals surface area contributed by atoms with Crippen molar-refractivity contribution in [1.82, 2.24) is 0 Å². The minimum absolute atomic E-state index is 0.0176. The minimum atomic E-state index is -0.651. The second kappa shape index (κ2) is 6.02. The Balaban J connectivity index is 2.22. The van der Waals surface area contributed by atoms with Gasteiger partial charge in [-0.2, -0.15) is 0 Å². The Morgan fingerprint density at radius 2 is 1.90 bits per heavy atom. The maximum Gasteiger partial charge on any atom is 0.188 e. The van der Waals surface area contributed by atoms with E-state index in [1.54, 1.807) is 36.4 Å². The summed E-state index contributed by atoms with van der Waals surface area (Å²) in [5.41, 5.74) is 7.01. The zero-order valence-electron chi connectivity index (χ0n) is 11.0. The number of methoxy groups -OCH3 is 1. The molecule has 0 saturated heterocycles. The van der Waals surface area contributed by atoms with E-state index in [-0.39, 0.29) is 11.3 Å². The Labute approximate surface area is 116 Å². The van der Waals surface area contributed by atoms with Gasteiger partial charge in [0.1, 0.15) is 0 Å². The predicted molar refractivity (Wildman–Crippen MR) is 77.2 cm³/mol. The molecule has 2 aromatic rings. The van der Waals surface area contributed by atoms with Crippen LogP contribution in [0.15, 0.2) is 48.5 Å². The fraction of sp³-hybridized carbons (Fsp3) is 0.0625. The van der Waals surface area contributed by atoms with Crippen LogP contribution in [0, 0.1) is 5.82 Å². The van der Waals surface area contributed by atoms with Gasteiger partial charge in [0.05, 0.1) is 12.7 Å². The molecule has 0 amide bonds. The zero-order valence-corrected chi connectivity index (χ0v) is 11.0. The number of carbonyl (C=O) groups is 1. The fourth-order valence-electron chi connectivity index (χ4n) is 1.73. The van der Waals surface area contributed by atoms with Crippen molar-refractivity contribution in [2.75, 3.05) is 12.8 Å². The first-order chi connectivity index (χ1) is 9.61. The minimum Gasteiger partial charge on any atom is -0.494 e. The highest BCUT2D eigenvalue weighted by Gasteiger charge is 2.12. The first kappa shape index (κ1) is 13.8. The van der Waals surface area contributed by atoms with Crippen molar-refractivity contribution in [3.63, 3.8) is 0 Å². The van der Waals surface area contributed by atoms with Gasteiger partial charge in [-0.25, -0.2) is 4.39 Å². The molecule has 0 aromatic heterocycles. The number of halogens is 1. The number of anilines is 1. The summed E-state index contributed by atoms with van der Waals surface area (Å²) in [5, 5.41) is 0. The third kappa shape index (κ3) is 3.03. The summed E-state index contributed by atoms with van der Waals surface area (Å²) in [5.74, 6) is -1.02. The van der Waals surface area contributed by atoms with E-state index in [2.05, 4.69) is 0 Å². The highest BCUT2D eigenvalue weighted by atomic mass is 19.1. The van der Waals surface area contributed by atoms with Gasteiger partial charge in [-0.3, -0.25) is 4.79 Å². The largest absolute Gasteiger partial charge is 0.494 e. The number of hydrogen-bond donors (Lipinski definition) is 1. The van der Waals surface area contributed by atoms with Crippen LogP contribution >= 0.6 is 0 Å². The summed E-state index contributed by atoms with van der Waals surface area (Å²) in [6.07, 6.45) is 2.93. The van der Waals surface area contributed by atoms with Crippen LogP contribution in [0.3, 0.4) is 0 Å². The molecule has 4 heteroatoms. The van der Waals surface area contributed by atoms with E-state index in [0.29, 0.717) is 5.69 Å². The number of ketones is 1. The molecule has 2 aromatic carbocycles. The number of carbonyl (C=O) groups excluding carboxylic acids is 1. The molecule has 0 radical (unpaired) electrons. The van der Waals surface area contributed by atoms with Crippen molar-refractivity contribution < 1.29 is 13.9 Å². The van der Waals surface area contributed by atoms with E-state index >= 15 is 0 Å². The molecule has 3 nitrogen and oxygen atoms in total. The first-order valence-corrected chi connectivity index (χ1v) is 6.02. The molecule has 0 heterocycles. The molecule has 0 fully saturated rings. The quantitative estimate of drug-likeness (QED) is 0.527. The van der Waals surface area contributed by atoms with Gasteiger partial charge >= 0.3 is 0 Å². The van der Waals surface area contributed by atoms with E-state index < -0.39 is 11.6 Å². The van der Waals surface area contributed by atoms with Crippen molar-refractivity contribution in [1.29, 1.82) is 0 Å². The van der Waals surface area contributed by atoms with Crippen molar-refractivity contribution in [3.05, 3.63) is 65.5 Å². The average molecular weight is 271 g/mol. The molecule has 2 N–H and O–H groups in total. The topological polar surface area (TPSA) is 52.3 Å². The van der Waals surface area contributed by atoms with Crippen molar-refractivity contribution in [2.24, 2.45) is 0 Å². The normalized spacial score (nSPS) is 10.7. The standard InChI is InChI=1S/C16H14FNO2/c1-20-15-4-2-3-13(16(15)17)14(19)10-7-11-5-8-12(18)9-6-11/h2-10H,18H2,1H3/b10-7+. The van der Waals surface area contributed by atoms with Gasteiger partial charge in [0.25, 0.3) is 0 Å². The van der Waals surface area contributed by atoms with Gasteiger partial charge in [0.2, 0.25) is 0 Å². The lowest BCUT2D eigenvalue weighted by Crippen LogP contribution is -2.00. The fourth-order valence-corrected chi connectivity index (χ4v) is 1.73. The molecule has 0 atom stereocenters. The van der Waals surface area contributed by atoms with E-state index in [0.717, 1.165) is 5.56 Å². The summed E-state index contributed by atoms with van der Waals surface area (Å²) < 4.78 is 18.8. The molecular formula is C16H14FNO2. The van der Waals surface area contributed by atoms with Crippen LogP contribution in [0.4, 0.5) is 10.1 Å². The number of allylic oxidation sites excluding steroid dienone is 1. The van der Waals surface area contributed by atoms with Gasteiger partial charge in [0, 0.05) is 5.69 Å². The van der Waals surface area contributed by atoms with Crippen LogP contribution in [-0.2, 0) is 0 Å². The Hall–Kier alpha value is -2.62. The van der Waals surface area contributed by atoms with Gasteiger partial charge in [0.15, 0.2) is 17.3 Å². The van der Waals surface area contributed by atoms with Crippen molar-refractivity contribution in [3.8, 4) is 5.75 Å². The zero-order chi connectivity index (χ0) is 14.5. The number of nitrogen functional groups attached to an aromatic ring is 1. The van der Waals surface area contributed by atoms with Crippen LogP contribution in [0.25, 0.3) is 6.08 Å². The first-order valence-electron chi connectivity index (χ1n) is 6.02. The number of hydrogen-bond acceptors (Lipinski definition) is 3. The molecule has 102 valence electrons. The molecule has 2 rings (SSSR count). The van der Waals surface area contributed by atoms with Crippen molar-refractivity contribution in [2.45, 2.75) is 0 Å². The van der Waals surface area contributed by atoms with E-state index in [1.165, 1.54) is 25.3 Å². The summed E-state index contributed by atoms with van der Waals surface area (Å²) >= 11 is 0. The maximum atomic E-state index is 13.9. The van der Waals surface area contributed by atoms with E-state index in [9.17, 15) is 9.18 Å². The maximum absolute atomic E-state index is 13.9. The van der Waals surface area contributed by atoms with Crippen LogP contribution in [0.5, 0.6) is 5.75 Å². The summed E-state index contributed by atoms with van der Waals surface area (Å²) in [4.78, 5) is 12.0. The lowest BCUT2D eigenvalue weighted by atomic mass is 10.1. The van der Waals surface area contributed by atoms with Gasteiger partial charge in [-0.1, -0.05) is 24.3 Å². The predicted octanol–water partition coefficient (Wildman–Crippen LogP) is 3.31. The number of nitrogens with two attached hydrogens (primary N) is 1. The Kier molecular flexibility index (Phi) is 4.15. The number of ether oxygens (including phenoxy) is 1. The molecule has 0 unspecified atom stereocenters. The van der Waals surface area contributed by atoms with E-state index in [4.69, 9.17) is 10.5 Å². The monoisotopic (exact) mass is 271 g/mol. The highest BCUT2D eigenvalue weighted by Crippen LogP contribution is 2.20. The molecule has 0 aliphatic heterocycles. The molecule has 0 saturated carbocycles. The molecular weight excluding hydrogens is 257 g/mol. The van der Waals surface area contributed by atoms with Crippen LogP contribution < -0.4 is 10.5 Å². The SMILES string of the molecule is COc1cccc(C(=O)/C=C/c2ccc(N)cc2)c1F. The van der Waals surface area contributed by atoms with Gasteiger partial charge in [-0.15, -0.1) is 0 Å². The van der Waals surface area contributed by atoms with Crippen molar-refractivity contribution >= 4 is 17.5 Å². The van der Waals surface area contributed by atoms with Crippen LogP contribution in [0.1, 0.15) is 15.9 Å². The molecule has 0 spiro atoms. The van der Waals surface area contributed by atoms with Crippen LogP contribution in [-0.4, -0.2) is 12.9 Å². The smallest absolute Gasteiger partial charge is 0.188 e. The van der Waals surface area contributed by atoms with Crippen LogP contribution in [0.2, 0.25) is 0 Å². The lowest BCUT2D eigenvalue weighted by Gasteiger charge is -2.04. The molecule has 20 heavy (non-hydrogen) atoms.